The molecule has 2 aliphatic heterocycles. The van der Waals surface area contributed by atoms with Gasteiger partial charge in [-0.15, -0.1) is 0 Å². The summed E-state index contributed by atoms with van der Waals surface area (Å²) in [6.45, 7) is 12.2. The monoisotopic (exact) mass is 389 g/mol. The fraction of sp³-hybridized carbons (Fsp3) is 0.682. The summed E-state index contributed by atoms with van der Waals surface area (Å²) in [7, 11) is 0. The van der Waals surface area contributed by atoms with Crippen molar-refractivity contribution in [1.29, 1.82) is 0 Å². The van der Waals surface area contributed by atoms with Crippen LogP contribution in [0.2, 0.25) is 0 Å². The zero-order chi connectivity index (χ0) is 19.7. The van der Waals surface area contributed by atoms with Gasteiger partial charge in [-0.1, -0.05) is 24.3 Å². The van der Waals surface area contributed by atoms with Gasteiger partial charge in [-0.25, -0.2) is 4.99 Å². The second kappa shape index (κ2) is 10.8. The predicted octanol–water partition coefficient (Wildman–Crippen LogP) is 2.82. The SMILES string of the molecule is CCNC(=NCc1cccc(COCCOCC)c1)N1CCC2(CCOC2)C1. The molecule has 2 fully saturated rings. The highest BCUT2D eigenvalue weighted by atomic mass is 16.5. The fourth-order valence-corrected chi connectivity index (χ4v) is 3.95. The minimum absolute atomic E-state index is 0.342. The number of nitrogens with one attached hydrogen (secondary N) is 1. The van der Waals surface area contributed by atoms with Gasteiger partial charge in [0.1, 0.15) is 0 Å². The number of likely N-dealkylation sites (tertiary alicyclic amines) is 1. The van der Waals surface area contributed by atoms with Crippen molar-refractivity contribution in [3.05, 3.63) is 35.4 Å². The molecule has 2 aliphatic rings. The van der Waals surface area contributed by atoms with Crippen LogP contribution in [0.4, 0.5) is 0 Å². The van der Waals surface area contributed by atoms with Gasteiger partial charge in [0.05, 0.1) is 33.0 Å². The maximum Gasteiger partial charge on any atom is 0.194 e. The highest BCUT2D eigenvalue weighted by molar-refractivity contribution is 5.80. The first-order valence-corrected chi connectivity index (χ1v) is 10.6. The molecule has 0 radical (unpaired) electrons. The molecule has 1 aromatic carbocycles. The molecular weight excluding hydrogens is 354 g/mol. The molecule has 1 N–H and O–H groups in total. The molecule has 0 aromatic heterocycles. The van der Waals surface area contributed by atoms with E-state index >= 15 is 0 Å². The Labute approximate surface area is 169 Å². The van der Waals surface area contributed by atoms with Crippen molar-refractivity contribution < 1.29 is 14.2 Å². The van der Waals surface area contributed by atoms with Crippen LogP contribution in [0.5, 0.6) is 0 Å². The van der Waals surface area contributed by atoms with Gasteiger partial charge in [-0.05, 0) is 37.8 Å². The van der Waals surface area contributed by atoms with E-state index in [1.165, 1.54) is 24.0 Å². The average molecular weight is 390 g/mol. The summed E-state index contributed by atoms with van der Waals surface area (Å²) in [5.74, 6) is 1.02. The molecular formula is C22H35N3O3. The maximum atomic E-state index is 5.68. The number of rotatable bonds is 9. The van der Waals surface area contributed by atoms with Crippen molar-refractivity contribution in [2.45, 2.75) is 39.8 Å². The summed E-state index contributed by atoms with van der Waals surface area (Å²) < 4.78 is 16.6. The minimum atomic E-state index is 0.342. The normalized spacial score (nSPS) is 22.4. The smallest absolute Gasteiger partial charge is 0.194 e. The number of hydrogen-bond donors (Lipinski definition) is 1. The van der Waals surface area contributed by atoms with E-state index in [9.17, 15) is 0 Å². The second-order valence-electron chi connectivity index (χ2n) is 7.71. The van der Waals surface area contributed by atoms with Crippen LogP contribution in [0.1, 0.15) is 37.8 Å². The number of hydrogen-bond acceptors (Lipinski definition) is 4. The van der Waals surface area contributed by atoms with E-state index in [1.807, 2.05) is 6.92 Å². The van der Waals surface area contributed by atoms with Crippen LogP contribution in [0, 0.1) is 5.41 Å². The number of ether oxygens (including phenoxy) is 3. The molecule has 0 aliphatic carbocycles. The predicted molar refractivity (Wildman–Crippen MR) is 111 cm³/mol. The van der Waals surface area contributed by atoms with Gasteiger partial charge in [0.25, 0.3) is 0 Å². The third kappa shape index (κ3) is 5.93. The van der Waals surface area contributed by atoms with Gasteiger partial charge in [0.2, 0.25) is 0 Å². The topological polar surface area (TPSA) is 55.3 Å². The molecule has 0 saturated carbocycles. The van der Waals surface area contributed by atoms with Crippen LogP contribution >= 0.6 is 0 Å². The fourth-order valence-electron chi connectivity index (χ4n) is 3.95. The Morgan fingerprint density at radius 3 is 2.86 bits per heavy atom. The first-order chi connectivity index (χ1) is 13.7. The van der Waals surface area contributed by atoms with Crippen molar-refractivity contribution in [2.24, 2.45) is 10.4 Å². The van der Waals surface area contributed by atoms with Crippen LogP contribution in [-0.2, 0) is 27.4 Å². The minimum Gasteiger partial charge on any atom is -0.381 e. The van der Waals surface area contributed by atoms with E-state index in [0.29, 0.717) is 31.8 Å². The molecule has 6 heteroatoms. The Bertz CT molecular complexity index is 629. The molecule has 1 atom stereocenters. The van der Waals surface area contributed by atoms with E-state index in [2.05, 4.69) is 41.4 Å². The summed E-state index contributed by atoms with van der Waals surface area (Å²) in [6, 6.07) is 8.50. The van der Waals surface area contributed by atoms with E-state index < -0.39 is 0 Å². The van der Waals surface area contributed by atoms with Crippen molar-refractivity contribution in [1.82, 2.24) is 10.2 Å². The number of aliphatic imine (C=N–C) groups is 1. The largest absolute Gasteiger partial charge is 0.381 e. The van der Waals surface area contributed by atoms with E-state index in [0.717, 1.165) is 45.4 Å². The highest BCUT2D eigenvalue weighted by Gasteiger charge is 2.42. The van der Waals surface area contributed by atoms with Gasteiger partial charge in [0.15, 0.2) is 5.96 Å². The van der Waals surface area contributed by atoms with Gasteiger partial charge in [0, 0.05) is 38.3 Å². The summed E-state index contributed by atoms with van der Waals surface area (Å²) >= 11 is 0. The molecule has 0 bridgehead atoms. The average Bonchev–Trinajstić information content (AvgIpc) is 3.35. The quantitative estimate of drug-likeness (QED) is 0.400. The molecule has 3 rings (SSSR count). The van der Waals surface area contributed by atoms with Gasteiger partial charge < -0.3 is 24.4 Å². The van der Waals surface area contributed by atoms with E-state index in [-0.39, 0.29) is 0 Å². The van der Waals surface area contributed by atoms with Crippen LogP contribution < -0.4 is 5.32 Å². The lowest BCUT2D eigenvalue weighted by atomic mass is 9.87. The standard InChI is InChI=1S/C22H35N3O3/c1-3-23-21(25-10-8-22(17-25)9-11-28-18-22)24-15-19-6-5-7-20(14-19)16-27-13-12-26-4-2/h5-7,14H,3-4,8-13,15-18H2,1-2H3,(H,23,24). The molecule has 0 amide bonds. The number of benzene rings is 1. The van der Waals surface area contributed by atoms with Crippen molar-refractivity contribution in [2.75, 3.05) is 52.7 Å². The van der Waals surface area contributed by atoms with Gasteiger partial charge >= 0.3 is 0 Å². The van der Waals surface area contributed by atoms with Gasteiger partial charge in [-0.3, -0.25) is 0 Å². The summed E-state index contributed by atoms with van der Waals surface area (Å²) in [6.07, 6.45) is 2.38. The Kier molecular flexibility index (Phi) is 8.13. The van der Waals surface area contributed by atoms with Crippen molar-refractivity contribution in [3.63, 3.8) is 0 Å². The molecule has 6 nitrogen and oxygen atoms in total. The lowest BCUT2D eigenvalue weighted by molar-refractivity contribution is 0.0453. The molecule has 1 unspecified atom stereocenters. The Morgan fingerprint density at radius 2 is 2.07 bits per heavy atom. The molecule has 28 heavy (non-hydrogen) atoms. The first-order valence-electron chi connectivity index (χ1n) is 10.6. The highest BCUT2D eigenvalue weighted by Crippen LogP contribution is 2.38. The zero-order valence-corrected chi connectivity index (χ0v) is 17.4. The molecule has 1 aromatic rings. The van der Waals surface area contributed by atoms with E-state index in [4.69, 9.17) is 19.2 Å². The summed E-state index contributed by atoms with van der Waals surface area (Å²) in [4.78, 5) is 7.31. The Morgan fingerprint density at radius 1 is 1.21 bits per heavy atom. The van der Waals surface area contributed by atoms with Crippen molar-refractivity contribution in [3.8, 4) is 0 Å². The third-order valence-corrected chi connectivity index (χ3v) is 5.51. The first kappa shape index (κ1) is 21.1. The number of guanidine groups is 1. The molecule has 2 saturated heterocycles. The lowest BCUT2D eigenvalue weighted by Crippen LogP contribution is -2.41. The maximum absolute atomic E-state index is 5.68. The second-order valence-corrected chi connectivity index (χ2v) is 7.71. The molecule has 1 spiro atoms. The Balaban J connectivity index is 1.55. The summed E-state index contributed by atoms with van der Waals surface area (Å²) in [5.41, 5.74) is 2.73. The van der Waals surface area contributed by atoms with E-state index in [1.54, 1.807) is 0 Å². The lowest BCUT2D eigenvalue weighted by Gasteiger charge is -2.25. The van der Waals surface area contributed by atoms with Crippen molar-refractivity contribution >= 4 is 5.96 Å². The van der Waals surface area contributed by atoms with Crippen LogP contribution in [0.25, 0.3) is 0 Å². The third-order valence-electron chi connectivity index (χ3n) is 5.51. The molecule has 156 valence electrons. The molecule has 2 heterocycles. The van der Waals surface area contributed by atoms with Crippen LogP contribution in [0.15, 0.2) is 29.3 Å². The number of nitrogens with zero attached hydrogens (tertiary/aromatic N) is 2. The van der Waals surface area contributed by atoms with Gasteiger partial charge in [-0.2, -0.15) is 0 Å². The van der Waals surface area contributed by atoms with Crippen LogP contribution in [-0.4, -0.2) is 63.5 Å². The zero-order valence-electron chi connectivity index (χ0n) is 17.4. The summed E-state index contributed by atoms with van der Waals surface area (Å²) in [5, 5.41) is 3.47. The Hall–Kier alpha value is -1.63. The van der Waals surface area contributed by atoms with Crippen LogP contribution in [0.3, 0.4) is 0 Å².